The third-order valence-electron chi connectivity index (χ3n) is 4.17. The molecule has 0 spiro atoms. The van der Waals surface area contributed by atoms with Crippen molar-refractivity contribution >= 4 is 0 Å². The number of likely N-dealkylation sites (tertiary alicyclic amines) is 1. The lowest BCUT2D eigenvalue weighted by atomic mass is 10.1. The minimum absolute atomic E-state index is 0.0115. The summed E-state index contributed by atoms with van der Waals surface area (Å²) in [5.41, 5.74) is 0. The Hall–Kier alpha value is -0.460. The third-order valence-corrected chi connectivity index (χ3v) is 4.17. The van der Waals surface area contributed by atoms with E-state index in [0.717, 1.165) is 13.1 Å². The second-order valence-electron chi connectivity index (χ2n) is 6.74. The Morgan fingerprint density at radius 1 is 1.10 bits per heavy atom. The predicted molar refractivity (Wildman–Crippen MR) is 74.3 cm³/mol. The van der Waals surface area contributed by atoms with Crippen molar-refractivity contribution in [2.45, 2.75) is 63.6 Å². The SMILES string of the molecule is C=CCN1C[C@H]2OC(C)(C)O[C@H]2[C@@H]1[C@H]1COC(C)(C)O1. The first-order valence-electron chi connectivity index (χ1n) is 7.34. The van der Waals surface area contributed by atoms with Gasteiger partial charge in [0.2, 0.25) is 0 Å². The second kappa shape index (κ2) is 4.78. The number of rotatable bonds is 3. The van der Waals surface area contributed by atoms with Crippen LogP contribution >= 0.6 is 0 Å². The molecule has 0 aromatic heterocycles. The lowest BCUT2D eigenvalue weighted by Crippen LogP contribution is -2.48. The van der Waals surface area contributed by atoms with Crippen molar-refractivity contribution in [3.05, 3.63) is 12.7 Å². The van der Waals surface area contributed by atoms with Crippen molar-refractivity contribution in [2.24, 2.45) is 0 Å². The molecule has 114 valence electrons. The predicted octanol–water partition coefficient (Wildman–Crippen LogP) is 1.53. The highest BCUT2D eigenvalue weighted by molar-refractivity contribution is 5.05. The maximum Gasteiger partial charge on any atom is 0.163 e. The van der Waals surface area contributed by atoms with Crippen molar-refractivity contribution in [3.63, 3.8) is 0 Å². The molecule has 0 unspecified atom stereocenters. The summed E-state index contributed by atoms with van der Waals surface area (Å²) >= 11 is 0. The van der Waals surface area contributed by atoms with Crippen LogP contribution in [-0.4, -0.2) is 60.5 Å². The zero-order valence-electron chi connectivity index (χ0n) is 12.8. The standard InChI is InChI=1S/C15H25NO4/c1-6-7-16-8-10-13(20-15(4,5)18-10)12(16)11-9-17-14(2,3)19-11/h6,10-13H,1,7-9H2,2-5H3/t10-,11-,12+,13-/m1/s1. The molecular weight excluding hydrogens is 258 g/mol. The van der Waals surface area contributed by atoms with E-state index in [1.54, 1.807) is 0 Å². The van der Waals surface area contributed by atoms with Gasteiger partial charge in [-0.1, -0.05) is 6.08 Å². The monoisotopic (exact) mass is 283 g/mol. The molecule has 0 bridgehead atoms. The molecule has 3 aliphatic rings. The Bertz CT molecular complexity index is 395. The molecule has 4 atom stereocenters. The van der Waals surface area contributed by atoms with E-state index in [-0.39, 0.29) is 24.4 Å². The molecule has 0 N–H and O–H groups in total. The fourth-order valence-corrected chi connectivity index (χ4v) is 3.55. The molecule has 20 heavy (non-hydrogen) atoms. The Balaban J connectivity index is 1.79. The van der Waals surface area contributed by atoms with E-state index in [1.165, 1.54) is 0 Å². The van der Waals surface area contributed by atoms with Gasteiger partial charge in [0.25, 0.3) is 0 Å². The molecular formula is C15H25NO4. The van der Waals surface area contributed by atoms with Crippen LogP contribution in [0.3, 0.4) is 0 Å². The Labute approximate surface area is 120 Å². The van der Waals surface area contributed by atoms with Crippen LogP contribution in [0.5, 0.6) is 0 Å². The van der Waals surface area contributed by atoms with Crippen molar-refractivity contribution in [3.8, 4) is 0 Å². The molecule has 3 rings (SSSR count). The average Bonchev–Trinajstić information content (AvgIpc) is 2.89. The van der Waals surface area contributed by atoms with E-state index in [1.807, 2.05) is 33.8 Å². The first-order chi connectivity index (χ1) is 9.31. The minimum Gasteiger partial charge on any atom is -0.348 e. The molecule has 3 saturated heterocycles. The van der Waals surface area contributed by atoms with Crippen molar-refractivity contribution < 1.29 is 18.9 Å². The summed E-state index contributed by atoms with van der Waals surface area (Å²) in [6.07, 6.45) is 2.06. The van der Waals surface area contributed by atoms with E-state index in [2.05, 4.69) is 11.5 Å². The average molecular weight is 283 g/mol. The van der Waals surface area contributed by atoms with Gasteiger partial charge in [-0.25, -0.2) is 0 Å². The van der Waals surface area contributed by atoms with Gasteiger partial charge in [0.15, 0.2) is 11.6 Å². The smallest absolute Gasteiger partial charge is 0.163 e. The van der Waals surface area contributed by atoms with Crippen LogP contribution in [0, 0.1) is 0 Å². The van der Waals surface area contributed by atoms with Crippen molar-refractivity contribution in [2.75, 3.05) is 19.7 Å². The van der Waals surface area contributed by atoms with Gasteiger partial charge in [0.1, 0.15) is 18.3 Å². The molecule has 3 aliphatic heterocycles. The van der Waals surface area contributed by atoms with E-state index < -0.39 is 11.6 Å². The molecule has 3 heterocycles. The van der Waals surface area contributed by atoms with Crippen LogP contribution in [-0.2, 0) is 18.9 Å². The third kappa shape index (κ3) is 2.53. The van der Waals surface area contributed by atoms with Crippen LogP contribution in [0.15, 0.2) is 12.7 Å². The van der Waals surface area contributed by atoms with Crippen LogP contribution < -0.4 is 0 Å². The van der Waals surface area contributed by atoms with Crippen molar-refractivity contribution in [1.29, 1.82) is 0 Å². The van der Waals surface area contributed by atoms with Gasteiger partial charge in [-0.3, -0.25) is 4.90 Å². The van der Waals surface area contributed by atoms with E-state index in [0.29, 0.717) is 6.61 Å². The first kappa shape index (κ1) is 14.5. The fraction of sp³-hybridized carbons (Fsp3) is 0.867. The quantitative estimate of drug-likeness (QED) is 0.735. The van der Waals surface area contributed by atoms with E-state index in [4.69, 9.17) is 18.9 Å². The number of ether oxygens (including phenoxy) is 4. The van der Waals surface area contributed by atoms with Gasteiger partial charge in [-0.05, 0) is 27.7 Å². The zero-order chi connectivity index (χ0) is 14.5. The number of hydrogen-bond donors (Lipinski definition) is 0. The topological polar surface area (TPSA) is 40.2 Å². The van der Waals surface area contributed by atoms with Gasteiger partial charge >= 0.3 is 0 Å². The first-order valence-corrected chi connectivity index (χ1v) is 7.34. The summed E-state index contributed by atoms with van der Waals surface area (Å²) in [5.74, 6) is -1.03. The zero-order valence-corrected chi connectivity index (χ0v) is 12.8. The minimum atomic E-state index is -0.516. The highest BCUT2D eigenvalue weighted by atomic mass is 16.8. The summed E-state index contributed by atoms with van der Waals surface area (Å²) in [5, 5.41) is 0. The van der Waals surface area contributed by atoms with Gasteiger partial charge in [-0.2, -0.15) is 0 Å². The molecule has 0 aromatic rings. The number of nitrogens with zero attached hydrogens (tertiary/aromatic N) is 1. The molecule has 5 heteroatoms. The molecule has 0 amide bonds. The number of hydrogen-bond acceptors (Lipinski definition) is 5. The lowest BCUT2D eigenvalue weighted by Gasteiger charge is -2.32. The molecule has 5 nitrogen and oxygen atoms in total. The maximum atomic E-state index is 6.11. The summed E-state index contributed by atoms with van der Waals surface area (Å²) in [4.78, 5) is 2.33. The lowest BCUT2D eigenvalue weighted by molar-refractivity contribution is -0.176. The normalized spacial score (nSPS) is 42.8. The van der Waals surface area contributed by atoms with E-state index in [9.17, 15) is 0 Å². The summed E-state index contributed by atoms with van der Waals surface area (Å²) in [6.45, 7) is 13.9. The van der Waals surface area contributed by atoms with Crippen LogP contribution in [0.1, 0.15) is 27.7 Å². The maximum absolute atomic E-state index is 6.11. The molecule has 0 radical (unpaired) electrons. The Morgan fingerprint density at radius 2 is 1.80 bits per heavy atom. The molecule has 0 saturated carbocycles. The molecule has 0 aliphatic carbocycles. The summed E-state index contributed by atoms with van der Waals surface area (Å²) in [7, 11) is 0. The Morgan fingerprint density at radius 3 is 2.40 bits per heavy atom. The Kier molecular flexibility index (Phi) is 3.46. The summed E-state index contributed by atoms with van der Waals surface area (Å²) < 4.78 is 23.9. The van der Waals surface area contributed by atoms with Crippen LogP contribution in [0.25, 0.3) is 0 Å². The van der Waals surface area contributed by atoms with E-state index >= 15 is 0 Å². The van der Waals surface area contributed by atoms with Gasteiger partial charge in [-0.15, -0.1) is 6.58 Å². The molecule has 0 aromatic carbocycles. The summed E-state index contributed by atoms with van der Waals surface area (Å²) in [6, 6.07) is 0.154. The van der Waals surface area contributed by atoms with Gasteiger partial charge in [0, 0.05) is 13.1 Å². The van der Waals surface area contributed by atoms with Gasteiger partial charge < -0.3 is 18.9 Å². The number of fused-ring (bicyclic) bond motifs is 1. The highest BCUT2D eigenvalue weighted by Crippen LogP contribution is 2.40. The van der Waals surface area contributed by atoms with Crippen molar-refractivity contribution in [1.82, 2.24) is 4.90 Å². The molecule has 3 fully saturated rings. The highest BCUT2D eigenvalue weighted by Gasteiger charge is 2.56. The van der Waals surface area contributed by atoms with Crippen LogP contribution in [0.4, 0.5) is 0 Å². The van der Waals surface area contributed by atoms with Crippen LogP contribution in [0.2, 0.25) is 0 Å². The second-order valence-corrected chi connectivity index (χ2v) is 6.74. The largest absolute Gasteiger partial charge is 0.348 e. The van der Waals surface area contributed by atoms with Gasteiger partial charge in [0.05, 0.1) is 12.6 Å². The fourth-order valence-electron chi connectivity index (χ4n) is 3.55.